The third-order valence-corrected chi connectivity index (χ3v) is 13.6. The maximum Gasteiger partial charge on any atom is 0.115 e. The fourth-order valence-corrected chi connectivity index (χ4v) is 12.1. The van der Waals surface area contributed by atoms with E-state index in [1.807, 2.05) is 11.8 Å². The first-order valence-electron chi connectivity index (χ1n) is 13.5. The summed E-state index contributed by atoms with van der Waals surface area (Å²) in [4.78, 5) is 2.81. The number of aromatic nitrogens is 1. The molecule has 0 saturated carbocycles. The van der Waals surface area contributed by atoms with Gasteiger partial charge in [-0.1, -0.05) is 128 Å². The summed E-state index contributed by atoms with van der Waals surface area (Å²) < 4.78 is 2.39. The molecule has 1 aromatic heterocycles. The molecule has 6 aromatic rings. The summed E-state index contributed by atoms with van der Waals surface area (Å²) in [5, 5.41) is 3.07. The number of hydrogen-bond acceptors (Lipinski definition) is 1. The Morgan fingerprint density at radius 2 is 0.897 bits per heavy atom. The molecule has 186 valence electrons. The Kier molecular flexibility index (Phi) is 4.97. The summed E-state index contributed by atoms with van der Waals surface area (Å²) >= 11 is 1.94. The molecule has 0 amide bonds. The van der Waals surface area contributed by atoms with Gasteiger partial charge in [-0.3, -0.25) is 0 Å². The van der Waals surface area contributed by atoms with Crippen molar-refractivity contribution in [2.75, 3.05) is 0 Å². The summed E-state index contributed by atoms with van der Waals surface area (Å²) in [6.07, 6.45) is 4.73. The Labute approximate surface area is 234 Å². The molecule has 0 bridgehead atoms. The zero-order valence-electron chi connectivity index (χ0n) is 22.0. The van der Waals surface area contributed by atoms with E-state index in [-0.39, 0.29) is 0 Å². The Balaban J connectivity index is 1.41. The second kappa shape index (κ2) is 8.47. The lowest BCUT2D eigenvalue weighted by molar-refractivity contribution is 1.05. The van der Waals surface area contributed by atoms with Gasteiger partial charge in [0.05, 0.1) is 5.69 Å². The van der Waals surface area contributed by atoms with E-state index in [1.165, 1.54) is 65.2 Å². The Morgan fingerprint density at radius 1 is 0.462 bits per heavy atom. The number of hydrogen-bond donors (Lipinski definition) is 0. The van der Waals surface area contributed by atoms with Crippen molar-refractivity contribution >= 4 is 30.2 Å². The average molecular weight is 534 g/mol. The highest BCUT2D eigenvalue weighted by Gasteiger charge is 2.36. The minimum absolute atomic E-state index is 1.27. The molecule has 0 fully saturated rings. The predicted molar refractivity (Wildman–Crippen MR) is 168 cm³/mol. The second-order valence-electron chi connectivity index (χ2n) is 11.0. The van der Waals surface area contributed by atoms with Crippen molar-refractivity contribution < 1.29 is 0 Å². The van der Waals surface area contributed by atoms with Gasteiger partial charge in [-0.15, -0.1) is 0 Å². The van der Waals surface area contributed by atoms with Gasteiger partial charge in [0.25, 0.3) is 0 Å². The topological polar surface area (TPSA) is 4.93 Å². The quantitative estimate of drug-likeness (QED) is 0.191. The fraction of sp³-hybridized carbons (Fsp3) is 0.0556. The van der Waals surface area contributed by atoms with E-state index >= 15 is 0 Å². The van der Waals surface area contributed by atoms with Crippen LogP contribution in [0.1, 0.15) is 0 Å². The van der Waals surface area contributed by atoms with Crippen molar-refractivity contribution in [1.29, 1.82) is 0 Å². The van der Waals surface area contributed by atoms with Crippen molar-refractivity contribution in [3.63, 3.8) is 0 Å². The zero-order chi connectivity index (χ0) is 26.1. The average Bonchev–Trinajstić information content (AvgIpc) is 3.41. The lowest BCUT2D eigenvalue weighted by Crippen LogP contribution is -2.56. The van der Waals surface area contributed by atoms with Crippen LogP contribution in [0.5, 0.6) is 0 Å². The molecule has 1 aliphatic carbocycles. The van der Waals surface area contributed by atoms with Crippen LogP contribution in [0.3, 0.4) is 0 Å². The molecular weight excluding hydrogens is 507 g/mol. The highest BCUT2D eigenvalue weighted by atomic mass is 32.2. The van der Waals surface area contributed by atoms with Gasteiger partial charge in [0.15, 0.2) is 0 Å². The first-order valence-corrected chi connectivity index (χ1v) is 17.3. The summed E-state index contributed by atoms with van der Waals surface area (Å²) in [5.41, 5.74) is 11.5. The predicted octanol–water partition coefficient (Wildman–Crippen LogP) is 8.75. The van der Waals surface area contributed by atoms with Crippen LogP contribution >= 0.6 is 11.8 Å². The number of nitrogens with zero attached hydrogens (tertiary/aromatic N) is 1. The van der Waals surface area contributed by atoms with Gasteiger partial charge in [-0.25, -0.2) is 0 Å². The van der Waals surface area contributed by atoms with Gasteiger partial charge in [-0.05, 0) is 55.9 Å². The van der Waals surface area contributed by atoms with E-state index in [4.69, 9.17) is 0 Å². The smallest absolute Gasteiger partial charge is 0.115 e. The molecule has 1 aliphatic heterocycles. The lowest BCUT2D eigenvalue weighted by atomic mass is 9.82. The van der Waals surface area contributed by atoms with Crippen LogP contribution in [-0.4, -0.2) is 12.6 Å². The first-order chi connectivity index (χ1) is 19.1. The summed E-state index contributed by atoms with van der Waals surface area (Å²) in [6, 6.07) is 42.5. The molecule has 8 rings (SSSR count). The van der Waals surface area contributed by atoms with Gasteiger partial charge in [-0.2, -0.15) is 0 Å². The van der Waals surface area contributed by atoms with Crippen LogP contribution in [0.4, 0.5) is 0 Å². The summed E-state index contributed by atoms with van der Waals surface area (Å²) in [6.45, 7) is 4.99. The van der Waals surface area contributed by atoms with Crippen molar-refractivity contribution in [3.05, 3.63) is 128 Å². The van der Waals surface area contributed by atoms with Crippen molar-refractivity contribution in [2.24, 2.45) is 0 Å². The molecule has 0 atom stereocenters. The fourth-order valence-electron chi connectivity index (χ4n) is 6.54. The number of benzene rings is 5. The highest BCUT2D eigenvalue weighted by Crippen LogP contribution is 2.48. The van der Waals surface area contributed by atoms with Crippen LogP contribution in [-0.2, 0) is 0 Å². The van der Waals surface area contributed by atoms with Crippen LogP contribution in [0.25, 0.3) is 50.2 Å². The Morgan fingerprint density at radius 3 is 1.44 bits per heavy atom. The van der Waals surface area contributed by atoms with Gasteiger partial charge < -0.3 is 4.57 Å². The Bertz CT molecular complexity index is 1850. The molecule has 2 aliphatic rings. The van der Waals surface area contributed by atoms with Gasteiger partial charge in [0.1, 0.15) is 8.07 Å². The highest BCUT2D eigenvalue weighted by molar-refractivity contribution is 8.00. The van der Waals surface area contributed by atoms with E-state index in [0.29, 0.717) is 0 Å². The van der Waals surface area contributed by atoms with Gasteiger partial charge in [0, 0.05) is 33.3 Å². The van der Waals surface area contributed by atoms with E-state index in [0.717, 1.165) is 0 Å². The maximum absolute atomic E-state index is 2.49. The second-order valence-corrected chi connectivity index (χ2v) is 16.4. The molecule has 3 heteroatoms. The van der Waals surface area contributed by atoms with Crippen LogP contribution in [0.15, 0.2) is 137 Å². The van der Waals surface area contributed by atoms with Crippen LogP contribution in [0.2, 0.25) is 13.1 Å². The summed E-state index contributed by atoms with van der Waals surface area (Å²) in [5.74, 6) is 0. The minimum Gasteiger partial charge on any atom is -0.321 e. The zero-order valence-corrected chi connectivity index (χ0v) is 23.8. The van der Waals surface area contributed by atoms with Crippen LogP contribution < -0.4 is 10.4 Å². The third-order valence-electron chi connectivity index (χ3n) is 8.49. The number of rotatable bonds is 1. The molecule has 39 heavy (non-hydrogen) atoms. The van der Waals surface area contributed by atoms with Crippen molar-refractivity contribution in [2.45, 2.75) is 22.9 Å². The third kappa shape index (κ3) is 3.33. The molecular formula is C36H27NSSi. The molecule has 0 saturated heterocycles. The molecule has 2 heterocycles. The van der Waals surface area contributed by atoms with E-state index in [2.05, 4.69) is 145 Å². The first kappa shape index (κ1) is 22.9. The van der Waals surface area contributed by atoms with E-state index in [1.54, 1.807) is 5.19 Å². The molecule has 0 N–H and O–H groups in total. The van der Waals surface area contributed by atoms with Crippen molar-refractivity contribution in [1.82, 2.24) is 4.57 Å². The summed E-state index contributed by atoms with van der Waals surface area (Å²) in [7, 11) is -1.82. The molecule has 1 nitrogen and oxygen atoms in total. The Hall–Kier alpha value is -4.05. The monoisotopic (exact) mass is 533 g/mol. The standard InChI is InChI=1S/C36H27NSSi/c1-39(2)34-20-10-9-19-33(34)38-36-32(18-11-21-35(36)39)37-22-30-28-16-7-5-14-26(28)24-12-3-4-13-25(24)27-15-6-8-17-29(27)31(30)23-37/h3-23H,1-2H3. The molecule has 0 spiro atoms. The van der Waals surface area contributed by atoms with E-state index < -0.39 is 8.07 Å². The SMILES string of the molecule is C[Si]1(C)c2ccccc2Sc2c(-n3cc4c(c3)-c3ccccc3-c3ccccc3-c3ccccc3-4)cccc21. The largest absolute Gasteiger partial charge is 0.321 e. The van der Waals surface area contributed by atoms with Crippen LogP contribution in [0, 0.1) is 0 Å². The normalized spacial score (nSPS) is 14.0. The van der Waals surface area contributed by atoms with Gasteiger partial charge in [0.2, 0.25) is 0 Å². The molecule has 5 aromatic carbocycles. The maximum atomic E-state index is 2.49. The number of fused-ring (bicyclic) bond motifs is 10. The van der Waals surface area contributed by atoms with E-state index in [9.17, 15) is 0 Å². The van der Waals surface area contributed by atoms with Crippen molar-refractivity contribution in [3.8, 4) is 50.2 Å². The molecule has 0 radical (unpaired) electrons. The van der Waals surface area contributed by atoms with Gasteiger partial charge >= 0.3 is 0 Å². The minimum atomic E-state index is -1.82. The lowest BCUT2D eigenvalue weighted by Gasteiger charge is -2.33. The molecule has 0 unspecified atom stereocenters.